The van der Waals surface area contributed by atoms with E-state index in [1.807, 2.05) is 6.92 Å². The molecule has 2 heterocycles. The van der Waals surface area contributed by atoms with Crippen LogP contribution < -0.4 is 5.32 Å². The summed E-state index contributed by atoms with van der Waals surface area (Å²) in [6, 6.07) is -0.256. The van der Waals surface area contributed by atoms with Gasteiger partial charge in [-0.25, -0.2) is 0 Å². The quantitative estimate of drug-likeness (QED) is 0.785. The summed E-state index contributed by atoms with van der Waals surface area (Å²) in [5, 5.41) is 5.94. The molecule has 0 spiro atoms. The highest BCUT2D eigenvalue weighted by Gasteiger charge is 2.39. The van der Waals surface area contributed by atoms with E-state index in [1.54, 1.807) is 0 Å². The first-order valence-corrected chi connectivity index (χ1v) is 4.62. The molecule has 7 heteroatoms. The second kappa shape index (κ2) is 3.48. The first-order chi connectivity index (χ1) is 6.98. The molecule has 2 unspecified atom stereocenters. The lowest BCUT2D eigenvalue weighted by atomic mass is 10.0. The molecule has 84 valence electrons. The Balaban J connectivity index is 2.20. The number of alkyl halides is 3. The second-order valence-corrected chi connectivity index (χ2v) is 3.65. The van der Waals surface area contributed by atoms with Crippen LogP contribution in [0.2, 0.25) is 0 Å². The molecule has 1 aliphatic rings. The largest absolute Gasteiger partial charge is 0.455 e. The topological polar surface area (TPSA) is 51.0 Å². The minimum absolute atomic E-state index is 0.0207. The third-order valence-corrected chi connectivity index (χ3v) is 2.49. The van der Waals surface area contributed by atoms with Gasteiger partial charge >= 0.3 is 6.18 Å². The van der Waals surface area contributed by atoms with Crippen LogP contribution in [0.5, 0.6) is 0 Å². The highest BCUT2D eigenvalue weighted by molar-refractivity contribution is 4.99. The Bertz CT molecular complexity index is 349. The van der Waals surface area contributed by atoms with E-state index in [2.05, 4.69) is 20.0 Å². The summed E-state index contributed by atoms with van der Waals surface area (Å²) in [6.07, 6.45) is -3.64. The second-order valence-electron chi connectivity index (χ2n) is 3.65. The summed E-state index contributed by atoms with van der Waals surface area (Å²) < 4.78 is 41.1. The molecule has 1 saturated heterocycles. The van der Waals surface area contributed by atoms with Crippen LogP contribution >= 0.6 is 0 Å². The molecule has 2 atom stereocenters. The van der Waals surface area contributed by atoms with E-state index in [9.17, 15) is 13.2 Å². The molecular weight excluding hydrogens is 211 g/mol. The minimum Gasteiger partial charge on any atom is -0.337 e. The Hall–Kier alpha value is -1.11. The summed E-state index contributed by atoms with van der Waals surface area (Å²) in [4.78, 5) is 3.35. The summed E-state index contributed by atoms with van der Waals surface area (Å²) in [6.45, 7) is 2.69. The zero-order valence-electron chi connectivity index (χ0n) is 8.01. The van der Waals surface area contributed by atoms with Crippen LogP contribution in [0, 0.1) is 5.92 Å². The third kappa shape index (κ3) is 1.97. The lowest BCUT2D eigenvalue weighted by Gasteiger charge is -2.09. The number of nitrogens with zero attached hydrogens (tertiary/aromatic N) is 2. The summed E-state index contributed by atoms with van der Waals surface area (Å²) >= 11 is 0. The molecule has 0 amide bonds. The predicted octanol–water partition coefficient (Wildman–Crippen LogP) is 1.76. The van der Waals surface area contributed by atoms with Crippen molar-refractivity contribution in [3.05, 3.63) is 11.7 Å². The van der Waals surface area contributed by atoms with Crippen molar-refractivity contribution < 1.29 is 17.7 Å². The van der Waals surface area contributed by atoms with Gasteiger partial charge in [0.2, 0.25) is 5.89 Å². The Morgan fingerprint density at radius 3 is 2.67 bits per heavy atom. The van der Waals surface area contributed by atoms with E-state index < -0.39 is 12.0 Å². The molecular formula is C8H10F3N3O. The van der Waals surface area contributed by atoms with Crippen molar-refractivity contribution in [2.24, 2.45) is 5.92 Å². The standard InChI is InChI=1S/C8H10F3N3O/c1-4-2-3-12-5(4)6-13-7(14-15-6)8(9,10)11/h4-5,12H,2-3H2,1H3. The highest BCUT2D eigenvalue weighted by atomic mass is 19.4. The fourth-order valence-electron chi connectivity index (χ4n) is 1.64. The van der Waals surface area contributed by atoms with Crippen LogP contribution in [0.3, 0.4) is 0 Å². The van der Waals surface area contributed by atoms with E-state index >= 15 is 0 Å². The molecule has 1 fully saturated rings. The number of hydrogen-bond acceptors (Lipinski definition) is 4. The molecule has 1 N–H and O–H groups in total. The molecule has 1 aromatic heterocycles. The van der Waals surface area contributed by atoms with Gasteiger partial charge in [-0.3, -0.25) is 0 Å². The van der Waals surface area contributed by atoms with E-state index in [4.69, 9.17) is 0 Å². The van der Waals surface area contributed by atoms with Gasteiger partial charge in [-0.15, -0.1) is 0 Å². The van der Waals surface area contributed by atoms with Crippen molar-refractivity contribution in [2.75, 3.05) is 6.54 Å². The van der Waals surface area contributed by atoms with Crippen molar-refractivity contribution in [1.82, 2.24) is 15.5 Å². The first-order valence-electron chi connectivity index (χ1n) is 4.62. The van der Waals surface area contributed by atoms with Gasteiger partial charge in [0.15, 0.2) is 0 Å². The maximum absolute atomic E-state index is 12.2. The molecule has 0 saturated carbocycles. The van der Waals surface area contributed by atoms with Crippen molar-refractivity contribution in [3.8, 4) is 0 Å². The molecule has 1 aliphatic heterocycles. The molecule has 15 heavy (non-hydrogen) atoms. The number of halogens is 3. The van der Waals surface area contributed by atoms with Crippen LogP contribution in [0.4, 0.5) is 13.2 Å². The fourth-order valence-corrected chi connectivity index (χ4v) is 1.64. The van der Waals surface area contributed by atoms with Crippen LogP contribution in [0.15, 0.2) is 4.52 Å². The number of rotatable bonds is 1. The molecule has 0 aliphatic carbocycles. The van der Waals surface area contributed by atoms with E-state index in [1.165, 1.54) is 0 Å². The maximum atomic E-state index is 12.2. The maximum Gasteiger partial charge on any atom is 0.455 e. The number of nitrogens with one attached hydrogen (secondary N) is 1. The Morgan fingerprint density at radius 2 is 2.20 bits per heavy atom. The van der Waals surface area contributed by atoms with Crippen molar-refractivity contribution in [1.29, 1.82) is 0 Å². The average Bonchev–Trinajstić information content (AvgIpc) is 2.69. The van der Waals surface area contributed by atoms with E-state index in [0.29, 0.717) is 0 Å². The SMILES string of the molecule is CC1CCNC1c1nc(C(F)(F)F)no1. The highest BCUT2D eigenvalue weighted by Crippen LogP contribution is 2.31. The van der Waals surface area contributed by atoms with Gasteiger partial charge < -0.3 is 9.84 Å². The van der Waals surface area contributed by atoms with E-state index in [0.717, 1.165) is 13.0 Å². The molecule has 1 aromatic rings. The first kappa shape index (κ1) is 10.4. The normalized spacial score (nSPS) is 27.2. The summed E-state index contributed by atoms with van der Waals surface area (Å²) in [5.41, 5.74) is 0. The van der Waals surface area contributed by atoms with Crippen molar-refractivity contribution >= 4 is 0 Å². The zero-order valence-corrected chi connectivity index (χ0v) is 8.01. The van der Waals surface area contributed by atoms with Crippen LogP contribution in [-0.4, -0.2) is 16.7 Å². The molecule has 4 nitrogen and oxygen atoms in total. The lowest BCUT2D eigenvalue weighted by Crippen LogP contribution is -2.17. The molecule has 2 rings (SSSR count). The minimum atomic E-state index is -4.54. The molecule has 0 bridgehead atoms. The summed E-state index contributed by atoms with van der Waals surface area (Å²) in [5.74, 6) is -0.975. The van der Waals surface area contributed by atoms with Gasteiger partial charge in [-0.2, -0.15) is 18.2 Å². The van der Waals surface area contributed by atoms with Crippen molar-refractivity contribution in [2.45, 2.75) is 25.6 Å². The van der Waals surface area contributed by atoms with Gasteiger partial charge in [-0.05, 0) is 18.9 Å². The Kier molecular flexibility index (Phi) is 2.41. The zero-order chi connectivity index (χ0) is 11.1. The number of aromatic nitrogens is 2. The molecule has 0 aromatic carbocycles. The van der Waals surface area contributed by atoms with Gasteiger partial charge in [-0.1, -0.05) is 12.1 Å². The summed E-state index contributed by atoms with van der Waals surface area (Å²) in [7, 11) is 0. The predicted molar refractivity (Wildman–Crippen MR) is 43.8 cm³/mol. The van der Waals surface area contributed by atoms with Gasteiger partial charge in [0.05, 0.1) is 6.04 Å². The van der Waals surface area contributed by atoms with Crippen molar-refractivity contribution in [3.63, 3.8) is 0 Å². The van der Waals surface area contributed by atoms with Gasteiger partial charge in [0.25, 0.3) is 5.82 Å². The fraction of sp³-hybridized carbons (Fsp3) is 0.750. The Labute approximate surface area is 83.8 Å². The van der Waals surface area contributed by atoms with Gasteiger partial charge in [0.1, 0.15) is 0 Å². The molecule has 0 radical (unpaired) electrons. The van der Waals surface area contributed by atoms with Crippen LogP contribution in [0.1, 0.15) is 31.1 Å². The monoisotopic (exact) mass is 221 g/mol. The van der Waals surface area contributed by atoms with Crippen LogP contribution in [0.25, 0.3) is 0 Å². The third-order valence-electron chi connectivity index (χ3n) is 2.49. The lowest BCUT2D eigenvalue weighted by molar-refractivity contribution is -0.146. The smallest absolute Gasteiger partial charge is 0.337 e. The van der Waals surface area contributed by atoms with Gasteiger partial charge in [0, 0.05) is 0 Å². The Morgan fingerprint density at radius 1 is 1.47 bits per heavy atom. The van der Waals surface area contributed by atoms with E-state index in [-0.39, 0.29) is 17.9 Å². The van der Waals surface area contributed by atoms with Crippen LogP contribution in [-0.2, 0) is 6.18 Å². The average molecular weight is 221 g/mol. The number of hydrogen-bond donors (Lipinski definition) is 1.